The van der Waals surface area contributed by atoms with Gasteiger partial charge >= 0.3 is 0 Å². The minimum absolute atomic E-state index is 0.00782. The summed E-state index contributed by atoms with van der Waals surface area (Å²) in [6.07, 6.45) is 1.35. The van der Waals surface area contributed by atoms with Crippen LogP contribution in [0.3, 0.4) is 0 Å². The number of carbonyl (C=O) groups excluding carboxylic acids is 1. The number of hydrazine groups is 1. The van der Waals surface area contributed by atoms with Gasteiger partial charge in [0.15, 0.2) is 17.6 Å². The molecule has 0 aromatic heterocycles. The second-order valence-corrected chi connectivity index (χ2v) is 7.82. The van der Waals surface area contributed by atoms with Gasteiger partial charge in [0, 0.05) is 29.7 Å². The Bertz CT molecular complexity index is 969. The van der Waals surface area contributed by atoms with Crippen LogP contribution in [0.25, 0.3) is 0 Å². The highest BCUT2D eigenvalue weighted by molar-refractivity contribution is 6.30. The lowest BCUT2D eigenvalue weighted by molar-refractivity contribution is -0.0433. The van der Waals surface area contributed by atoms with Gasteiger partial charge in [-0.3, -0.25) is 15.1 Å². The summed E-state index contributed by atoms with van der Waals surface area (Å²) in [7, 11) is 0. The topological polar surface area (TPSA) is 86.8 Å². The number of amides is 1. The summed E-state index contributed by atoms with van der Waals surface area (Å²) in [5, 5.41) is 6.46. The number of halogens is 3. The van der Waals surface area contributed by atoms with Gasteiger partial charge in [0.1, 0.15) is 0 Å². The third kappa shape index (κ3) is 5.56. The minimum atomic E-state index is -1.09. The fraction of sp³-hybridized carbons (Fsp3) is 0.333. The number of nitrogens with one attached hydrogen (secondary N) is 4. The number of benzene rings is 2. The van der Waals surface area contributed by atoms with Crippen molar-refractivity contribution in [2.45, 2.75) is 31.2 Å². The molecular formula is C21H22ClF2N5O2. The van der Waals surface area contributed by atoms with Crippen LogP contribution in [-0.4, -0.2) is 37.3 Å². The molecule has 1 amide bonds. The molecule has 2 heterocycles. The average Bonchev–Trinajstić information content (AvgIpc) is 3.17. The van der Waals surface area contributed by atoms with Gasteiger partial charge < -0.3 is 10.1 Å². The first kappa shape index (κ1) is 21.6. The van der Waals surface area contributed by atoms with Crippen molar-refractivity contribution in [3.05, 3.63) is 70.2 Å². The lowest BCUT2D eigenvalue weighted by Gasteiger charge is -2.25. The molecular weight excluding hydrogens is 428 g/mol. The zero-order chi connectivity index (χ0) is 21.8. The van der Waals surface area contributed by atoms with Crippen LogP contribution in [0.1, 0.15) is 34.8 Å². The fourth-order valence-corrected chi connectivity index (χ4v) is 3.42. The van der Waals surface area contributed by atoms with E-state index in [9.17, 15) is 13.6 Å². The first-order chi connectivity index (χ1) is 15.0. The highest BCUT2D eigenvalue weighted by Gasteiger charge is 2.26. The molecule has 0 bridgehead atoms. The summed E-state index contributed by atoms with van der Waals surface area (Å²) in [6, 6.07) is 10.5. The molecule has 164 valence electrons. The van der Waals surface area contributed by atoms with Gasteiger partial charge in [-0.15, -0.1) is 0 Å². The van der Waals surface area contributed by atoms with Crippen LogP contribution in [-0.2, 0) is 4.74 Å². The minimum Gasteiger partial charge on any atom is -0.376 e. The average molecular weight is 450 g/mol. The van der Waals surface area contributed by atoms with E-state index in [2.05, 4.69) is 26.5 Å². The van der Waals surface area contributed by atoms with E-state index in [1.54, 1.807) is 0 Å². The number of ether oxygens (including phenoxy) is 1. The van der Waals surface area contributed by atoms with Gasteiger partial charge in [-0.05, 0) is 42.3 Å². The number of aliphatic imine (C=N–C) groups is 1. The lowest BCUT2D eigenvalue weighted by atomic mass is 10.0. The largest absolute Gasteiger partial charge is 0.376 e. The van der Waals surface area contributed by atoms with Crippen molar-refractivity contribution in [3.8, 4) is 0 Å². The van der Waals surface area contributed by atoms with Crippen molar-refractivity contribution in [1.82, 2.24) is 21.5 Å². The summed E-state index contributed by atoms with van der Waals surface area (Å²) < 4.78 is 32.0. The Morgan fingerprint density at radius 3 is 2.61 bits per heavy atom. The van der Waals surface area contributed by atoms with Crippen molar-refractivity contribution < 1.29 is 18.3 Å². The normalized spacial score (nSPS) is 23.3. The summed E-state index contributed by atoms with van der Waals surface area (Å²) in [4.78, 5) is 17.0. The summed E-state index contributed by atoms with van der Waals surface area (Å²) in [5.41, 5.74) is 7.38. The van der Waals surface area contributed by atoms with Crippen molar-refractivity contribution in [2.24, 2.45) is 4.99 Å². The van der Waals surface area contributed by atoms with Crippen LogP contribution in [0.15, 0.2) is 47.5 Å². The third-order valence-electron chi connectivity index (χ3n) is 5.15. The first-order valence-electron chi connectivity index (χ1n) is 9.93. The van der Waals surface area contributed by atoms with Crippen LogP contribution in [0.4, 0.5) is 8.78 Å². The summed E-state index contributed by atoms with van der Waals surface area (Å²) in [6.45, 7) is 1.07. The maximum absolute atomic E-state index is 13.5. The molecule has 4 N–H and O–H groups in total. The Labute approximate surface area is 183 Å². The molecule has 2 fully saturated rings. The van der Waals surface area contributed by atoms with E-state index in [0.29, 0.717) is 24.6 Å². The molecule has 3 unspecified atom stereocenters. The molecule has 2 aliphatic heterocycles. The Morgan fingerprint density at radius 1 is 1.16 bits per heavy atom. The van der Waals surface area contributed by atoms with Crippen LogP contribution in [0.5, 0.6) is 0 Å². The van der Waals surface area contributed by atoms with E-state index in [1.165, 1.54) is 6.07 Å². The maximum Gasteiger partial charge on any atom is 0.258 e. The van der Waals surface area contributed by atoms with Crippen molar-refractivity contribution >= 4 is 23.5 Å². The molecule has 0 spiro atoms. The van der Waals surface area contributed by atoms with E-state index in [1.807, 2.05) is 24.3 Å². The maximum atomic E-state index is 13.5. The predicted octanol–water partition coefficient (Wildman–Crippen LogP) is 2.65. The molecule has 10 heteroatoms. The number of hydrogen-bond donors (Lipinski definition) is 4. The second-order valence-electron chi connectivity index (χ2n) is 7.38. The highest BCUT2D eigenvalue weighted by Crippen LogP contribution is 2.22. The molecule has 7 nitrogen and oxygen atoms in total. The van der Waals surface area contributed by atoms with Gasteiger partial charge in [0.05, 0.1) is 18.8 Å². The molecule has 2 saturated heterocycles. The number of hydrogen-bond acceptors (Lipinski definition) is 5. The molecule has 3 atom stereocenters. The Balaban J connectivity index is 1.41. The van der Waals surface area contributed by atoms with Crippen LogP contribution >= 0.6 is 11.6 Å². The van der Waals surface area contributed by atoms with E-state index in [0.717, 1.165) is 24.1 Å². The van der Waals surface area contributed by atoms with Gasteiger partial charge in [0.25, 0.3) is 5.91 Å². The van der Waals surface area contributed by atoms with Gasteiger partial charge in [-0.1, -0.05) is 23.7 Å². The summed E-state index contributed by atoms with van der Waals surface area (Å²) in [5.74, 6) is -2.48. The second kappa shape index (κ2) is 9.69. The molecule has 31 heavy (non-hydrogen) atoms. The van der Waals surface area contributed by atoms with Crippen LogP contribution in [0, 0.1) is 11.6 Å². The number of rotatable bonds is 5. The van der Waals surface area contributed by atoms with E-state index in [-0.39, 0.29) is 29.8 Å². The molecule has 2 aromatic carbocycles. The quantitative estimate of drug-likeness (QED) is 0.416. The third-order valence-corrected chi connectivity index (χ3v) is 5.40. The molecule has 0 saturated carbocycles. The monoisotopic (exact) mass is 449 g/mol. The van der Waals surface area contributed by atoms with E-state index in [4.69, 9.17) is 16.3 Å². The molecule has 0 aliphatic carbocycles. The number of carbonyl (C=O) groups is 1. The van der Waals surface area contributed by atoms with Crippen LogP contribution in [0.2, 0.25) is 5.02 Å². The Hall–Kier alpha value is -2.59. The van der Waals surface area contributed by atoms with Crippen LogP contribution < -0.4 is 21.5 Å². The first-order valence-corrected chi connectivity index (χ1v) is 10.3. The predicted molar refractivity (Wildman–Crippen MR) is 112 cm³/mol. The highest BCUT2D eigenvalue weighted by atomic mass is 35.5. The van der Waals surface area contributed by atoms with Gasteiger partial charge in [0.2, 0.25) is 0 Å². The number of guanidine groups is 1. The summed E-state index contributed by atoms with van der Waals surface area (Å²) >= 11 is 5.95. The van der Waals surface area contributed by atoms with Crippen molar-refractivity contribution in [3.63, 3.8) is 0 Å². The standard InChI is InChI=1S/C21H22ClF2N5O2/c22-14-4-1-12(2-5-14)18-10-19(29-28-18)26-21(25-11-15-7-8-31-15)27-20(30)13-3-6-16(23)17(24)9-13/h1-6,9,15,18-19,28-29H,7-8,10-11H2,(H2,25,26,27,30). The number of nitrogens with zero attached hydrogens (tertiary/aromatic N) is 1. The van der Waals surface area contributed by atoms with E-state index >= 15 is 0 Å². The zero-order valence-corrected chi connectivity index (χ0v) is 17.3. The smallest absolute Gasteiger partial charge is 0.258 e. The van der Waals surface area contributed by atoms with Crippen molar-refractivity contribution in [2.75, 3.05) is 13.2 Å². The zero-order valence-electron chi connectivity index (χ0n) is 16.5. The van der Waals surface area contributed by atoms with E-state index < -0.39 is 17.5 Å². The molecule has 2 aliphatic rings. The molecule has 4 rings (SSSR count). The fourth-order valence-electron chi connectivity index (χ4n) is 3.29. The van der Waals surface area contributed by atoms with Gasteiger partial charge in [-0.2, -0.15) is 0 Å². The Kier molecular flexibility index (Phi) is 6.77. The van der Waals surface area contributed by atoms with Gasteiger partial charge in [-0.25, -0.2) is 19.6 Å². The lowest BCUT2D eigenvalue weighted by Crippen LogP contribution is -2.51. The van der Waals surface area contributed by atoms with Crippen molar-refractivity contribution in [1.29, 1.82) is 0 Å². The Morgan fingerprint density at radius 2 is 1.94 bits per heavy atom. The SMILES string of the molecule is O=C(NC(=NCC1CCO1)NC1CC(c2ccc(Cl)cc2)NN1)c1ccc(F)c(F)c1. The molecule has 0 radical (unpaired) electrons. The molecule has 2 aromatic rings.